The molecule has 1 aromatic rings. The predicted octanol–water partition coefficient (Wildman–Crippen LogP) is 2.51. The van der Waals surface area contributed by atoms with E-state index in [1.165, 1.54) is 0 Å². The molecule has 0 heterocycles. The van der Waals surface area contributed by atoms with Gasteiger partial charge in [-0.05, 0) is 37.2 Å². The molecule has 4 heteroatoms. The van der Waals surface area contributed by atoms with Gasteiger partial charge in [0.05, 0.1) is 14.2 Å². The molecule has 1 N–H and O–H groups in total. The molecule has 0 bridgehead atoms. The van der Waals surface area contributed by atoms with Gasteiger partial charge in [-0.25, -0.2) is 0 Å². The largest absolute Gasteiger partial charge is 0.493 e. The smallest absolute Gasteiger partial charge is 0.161 e. The summed E-state index contributed by atoms with van der Waals surface area (Å²) in [4.78, 5) is 0. The van der Waals surface area contributed by atoms with Crippen LogP contribution in [0.5, 0.6) is 11.5 Å². The Morgan fingerprint density at radius 2 is 1.81 bits per heavy atom. The predicted molar refractivity (Wildman–Crippen MR) is 66.8 cm³/mol. The lowest BCUT2D eigenvalue weighted by atomic mass is 10.0. The van der Waals surface area contributed by atoms with Crippen LogP contribution >= 0.6 is 11.6 Å². The van der Waals surface area contributed by atoms with Gasteiger partial charge in [0.1, 0.15) is 0 Å². The third-order valence-electron chi connectivity index (χ3n) is 2.65. The van der Waals surface area contributed by atoms with Crippen molar-refractivity contribution in [2.45, 2.75) is 13.0 Å². The summed E-state index contributed by atoms with van der Waals surface area (Å²) in [5.41, 5.74) is 2.27. The number of methoxy groups -OCH3 is 2. The number of ether oxygens (including phenoxy) is 2. The maximum atomic E-state index is 5.91. The van der Waals surface area contributed by atoms with Crippen molar-refractivity contribution >= 4 is 11.6 Å². The highest BCUT2D eigenvalue weighted by molar-refractivity contribution is 6.18. The van der Waals surface area contributed by atoms with E-state index in [9.17, 15) is 0 Å². The second-order valence-corrected chi connectivity index (χ2v) is 3.87. The number of halogens is 1. The Balaban J connectivity index is 3.19. The quantitative estimate of drug-likeness (QED) is 0.807. The first-order chi connectivity index (χ1) is 7.67. The van der Waals surface area contributed by atoms with Gasteiger partial charge in [0, 0.05) is 11.9 Å². The van der Waals surface area contributed by atoms with Gasteiger partial charge in [0.25, 0.3) is 0 Å². The zero-order chi connectivity index (χ0) is 12.1. The van der Waals surface area contributed by atoms with Crippen molar-refractivity contribution in [3.63, 3.8) is 0 Å². The molecule has 0 fully saturated rings. The first-order valence-electron chi connectivity index (χ1n) is 5.13. The van der Waals surface area contributed by atoms with Gasteiger partial charge in [-0.2, -0.15) is 0 Å². The standard InChI is InChI=1S/C12H18ClNO2/c1-8-5-11(15-3)12(16-4)6-9(8)10(7-13)14-2/h5-6,10,14H,7H2,1-4H3. The van der Waals surface area contributed by atoms with Crippen LogP contribution in [-0.2, 0) is 0 Å². The minimum Gasteiger partial charge on any atom is -0.493 e. The van der Waals surface area contributed by atoms with Crippen molar-refractivity contribution in [2.75, 3.05) is 27.1 Å². The molecule has 0 saturated carbocycles. The van der Waals surface area contributed by atoms with Gasteiger partial charge >= 0.3 is 0 Å². The van der Waals surface area contributed by atoms with E-state index >= 15 is 0 Å². The molecule has 16 heavy (non-hydrogen) atoms. The first kappa shape index (κ1) is 13.1. The molecule has 90 valence electrons. The van der Waals surface area contributed by atoms with Gasteiger partial charge < -0.3 is 14.8 Å². The van der Waals surface area contributed by atoms with Crippen LogP contribution in [0, 0.1) is 6.92 Å². The van der Waals surface area contributed by atoms with E-state index in [0.717, 1.165) is 22.6 Å². The van der Waals surface area contributed by atoms with Crippen LogP contribution in [0.4, 0.5) is 0 Å². The average Bonchev–Trinajstić information content (AvgIpc) is 2.32. The Labute approximate surface area is 102 Å². The lowest BCUT2D eigenvalue weighted by Gasteiger charge is -2.18. The number of alkyl halides is 1. The molecule has 1 rings (SSSR count). The number of benzene rings is 1. The molecule has 1 unspecified atom stereocenters. The Bertz CT molecular complexity index is 351. The first-order valence-corrected chi connectivity index (χ1v) is 5.67. The van der Waals surface area contributed by atoms with Crippen molar-refractivity contribution in [3.8, 4) is 11.5 Å². The van der Waals surface area contributed by atoms with Crippen molar-refractivity contribution in [1.82, 2.24) is 5.32 Å². The van der Waals surface area contributed by atoms with Gasteiger partial charge in [0.2, 0.25) is 0 Å². The molecule has 0 radical (unpaired) electrons. The lowest BCUT2D eigenvalue weighted by molar-refractivity contribution is 0.353. The fourth-order valence-corrected chi connectivity index (χ4v) is 2.01. The van der Waals surface area contributed by atoms with Gasteiger partial charge in [-0.3, -0.25) is 0 Å². The van der Waals surface area contributed by atoms with E-state index in [-0.39, 0.29) is 6.04 Å². The van der Waals surface area contributed by atoms with Crippen LogP contribution in [0.25, 0.3) is 0 Å². The zero-order valence-corrected chi connectivity index (χ0v) is 10.9. The molecule has 0 saturated heterocycles. The third kappa shape index (κ3) is 2.60. The maximum absolute atomic E-state index is 5.91. The van der Waals surface area contributed by atoms with Crippen LogP contribution in [0.2, 0.25) is 0 Å². The highest BCUT2D eigenvalue weighted by atomic mass is 35.5. The van der Waals surface area contributed by atoms with E-state index in [2.05, 4.69) is 5.32 Å². The molecule has 0 aliphatic rings. The highest BCUT2D eigenvalue weighted by Crippen LogP contribution is 2.33. The number of rotatable bonds is 5. The highest BCUT2D eigenvalue weighted by Gasteiger charge is 2.14. The lowest BCUT2D eigenvalue weighted by Crippen LogP contribution is -2.19. The normalized spacial score (nSPS) is 12.3. The van der Waals surface area contributed by atoms with E-state index in [1.54, 1.807) is 14.2 Å². The fourth-order valence-electron chi connectivity index (χ4n) is 1.69. The minimum absolute atomic E-state index is 0.126. The van der Waals surface area contributed by atoms with Gasteiger partial charge in [-0.15, -0.1) is 11.6 Å². The van der Waals surface area contributed by atoms with Crippen LogP contribution in [0.15, 0.2) is 12.1 Å². The van der Waals surface area contributed by atoms with Crippen LogP contribution in [0.1, 0.15) is 17.2 Å². The Hall–Kier alpha value is -0.930. The summed E-state index contributed by atoms with van der Waals surface area (Å²) in [6.45, 7) is 2.04. The van der Waals surface area contributed by atoms with Crippen molar-refractivity contribution in [2.24, 2.45) is 0 Å². The number of hydrogen-bond donors (Lipinski definition) is 1. The van der Waals surface area contributed by atoms with E-state index in [1.807, 2.05) is 26.1 Å². The van der Waals surface area contributed by atoms with Crippen molar-refractivity contribution in [1.29, 1.82) is 0 Å². The Kier molecular flexibility index (Phi) is 4.90. The van der Waals surface area contributed by atoms with Crippen LogP contribution < -0.4 is 14.8 Å². The minimum atomic E-state index is 0.126. The molecule has 0 spiro atoms. The summed E-state index contributed by atoms with van der Waals surface area (Å²) in [5, 5.41) is 3.17. The monoisotopic (exact) mass is 243 g/mol. The molecule has 3 nitrogen and oxygen atoms in total. The summed E-state index contributed by atoms with van der Waals surface area (Å²) in [6, 6.07) is 4.06. The molecule has 0 aliphatic carbocycles. The number of aryl methyl sites for hydroxylation is 1. The SMILES string of the molecule is CNC(CCl)c1cc(OC)c(OC)cc1C. The number of nitrogens with one attached hydrogen (secondary N) is 1. The summed E-state index contributed by atoms with van der Waals surface area (Å²) in [7, 11) is 5.16. The molecular formula is C12H18ClNO2. The average molecular weight is 244 g/mol. The topological polar surface area (TPSA) is 30.5 Å². The Morgan fingerprint density at radius 1 is 1.25 bits per heavy atom. The second kappa shape index (κ2) is 5.97. The Morgan fingerprint density at radius 3 is 2.25 bits per heavy atom. The summed E-state index contributed by atoms with van der Waals surface area (Å²) < 4.78 is 10.5. The summed E-state index contributed by atoms with van der Waals surface area (Å²) in [5.74, 6) is 1.99. The van der Waals surface area contributed by atoms with Crippen molar-refractivity contribution in [3.05, 3.63) is 23.3 Å². The molecular weight excluding hydrogens is 226 g/mol. The second-order valence-electron chi connectivity index (χ2n) is 3.56. The third-order valence-corrected chi connectivity index (χ3v) is 2.96. The van der Waals surface area contributed by atoms with Gasteiger partial charge in [0.15, 0.2) is 11.5 Å². The van der Waals surface area contributed by atoms with Crippen LogP contribution in [-0.4, -0.2) is 27.1 Å². The molecule has 0 aromatic heterocycles. The summed E-state index contributed by atoms with van der Waals surface area (Å²) >= 11 is 5.91. The molecule has 0 aliphatic heterocycles. The molecule has 1 aromatic carbocycles. The maximum Gasteiger partial charge on any atom is 0.161 e. The van der Waals surface area contributed by atoms with Crippen LogP contribution in [0.3, 0.4) is 0 Å². The zero-order valence-electron chi connectivity index (χ0n) is 10.1. The molecule has 0 amide bonds. The van der Waals surface area contributed by atoms with Gasteiger partial charge in [-0.1, -0.05) is 0 Å². The summed E-state index contributed by atoms with van der Waals surface area (Å²) in [6.07, 6.45) is 0. The number of hydrogen-bond acceptors (Lipinski definition) is 3. The van der Waals surface area contributed by atoms with E-state index in [4.69, 9.17) is 21.1 Å². The molecule has 1 atom stereocenters. The van der Waals surface area contributed by atoms with Crippen molar-refractivity contribution < 1.29 is 9.47 Å². The van der Waals surface area contributed by atoms with E-state index < -0.39 is 0 Å². The van der Waals surface area contributed by atoms with E-state index in [0.29, 0.717) is 5.88 Å². The fraction of sp³-hybridized carbons (Fsp3) is 0.500.